The Balaban J connectivity index is 1.61. The van der Waals surface area contributed by atoms with Crippen LogP contribution in [0.4, 0.5) is 5.69 Å². The van der Waals surface area contributed by atoms with Gasteiger partial charge < -0.3 is 9.64 Å². The second-order valence-electron chi connectivity index (χ2n) is 6.33. The van der Waals surface area contributed by atoms with Crippen LogP contribution in [0.3, 0.4) is 0 Å². The SMILES string of the molecule is CN(CC(=O)Oc1ccc(N2CCCC2=O)cc1)S(=O)(=O)c1ccc(Cl)cc1. The van der Waals surface area contributed by atoms with Gasteiger partial charge in [-0.3, -0.25) is 9.59 Å². The van der Waals surface area contributed by atoms with Gasteiger partial charge in [-0.25, -0.2) is 8.42 Å². The summed E-state index contributed by atoms with van der Waals surface area (Å²) in [5.41, 5.74) is 0.740. The molecular weight excluding hydrogens is 404 g/mol. The highest BCUT2D eigenvalue weighted by molar-refractivity contribution is 7.89. The van der Waals surface area contributed by atoms with Crippen LogP contribution in [-0.2, 0) is 19.6 Å². The van der Waals surface area contributed by atoms with E-state index in [1.165, 1.54) is 31.3 Å². The molecule has 9 heteroatoms. The van der Waals surface area contributed by atoms with Gasteiger partial charge in [0, 0.05) is 30.7 Å². The summed E-state index contributed by atoms with van der Waals surface area (Å²) in [7, 11) is -2.54. The zero-order chi connectivity index (χ0) is 20.3. The molecule has 0 aliphatic carbocycles. The van der Waals surface area contributed by atoms with Crippen LogP contribution in [0.1, 0.15) is 12.8 Å². The average Bonchev–Trinajstić information content (AvgIpc) is 3.08. The van der Waals surface area contributed by atoms with Crippen molar-refractivity contribution in [3.63, 3.8) is 0 Å². The van der Waals surface area contributed by atoms with E-state index in [-0.39, 0.29) is 16.6 Å². The molecule has 0 bridgehead atoms. The molecule has 7 nitrogen and oxygen atoms in total. The van der Waals surface area contributed by atoms with Gasteiger partial charge >= 0.3 is 5.97 Å². The summed E-state index contributed by atoms with van der Waals surface area (Å²) in [4.78, 5) is 25.6. The lowest BCUT2D eigenvalue weighted by Crippen LogP contribution is -2.34. The zero-order valence-electron chi connectivity index (χ0n) is 15.2. The van der Waals surface area contributed by atoms with Crippen molar-refractivity contribution in [1.82, 2.24) is 4.31 Å². The maximum atomic E-state index is 12.5. The Labute approximate surface area is 168 Å². The number of nitrogens with zero attached hydrogens (tertiary/aromatic N) is 2. The highest BCUT2D eigenvalue weighted by Gasteiger charge is 2.24. The average molecular weight is 423 g/mol. The van der Waals surface area contributed by atoms with Crippen LogP contribution in [0.2, 0.25) is 5.02 Å². The van der Waals surface area contributed by atoms with Crippen molar-refractivity contribution in [3.8, 4) is 5.75 Å². The van der Waals surface area contributed by atoms with Crippen LogP contribution in [0.25, 0.3) is 0 Å². The summed E-state index contributed by atoms with van der Waals surface area (Å²) in [6.45, 7) is 0.225. The third kappa shape index (κ3) is 4.52. The van der Waals surface area contributed by atoms with E-state index in [1.807, 2.05) is 0 Å². The fraction of sp³-hybridized carbons (Fsp3) is 0.263. The number of carbonyl (C=O) groups is 2. The van der Waals surface area contributed by atoms with Crippen molar-refractivity contribution in [3.05, 3.63) is 53.6 Å². The Morgan fingerprint density at radius 2 is 1.79 bits per heavy atom. The number of ether oxygens (including phenoxy) is 1. The topological polar surface area (TPSA) is 84.0 Å². The first-order chi connectivity index (χ1) is 13.3. The zero-order valence-corrected chi connectivity index (χ0v) is 16.7. The second kappa shape index (κ2) is 8.30. The monoisotopic (exact) mass is 422 g/mol. The number of sulfonamides is 1. The standard InChI is InChI=1S/C19H19ClN2O5S/c1-21(28(25,26)17-10-4-14(20)5-11-17)13-19(24)27-16-8-6-15(7-9-16)22-12-2-3-18(22)23/h4-11H,2-3,12-13H2,1H3. The molecule has 0 N–H and O–H groups in total. The smallest absolute Gasteiger partial charge is 0.326 e. The predicted molar refractivity (Wildman–Crippen MR) is 105 cm³/mol. The Morgan fingerprint density at radius 3 is 2.36 bits per heavy atom. The van der Waals surface area contributed by atoms with Crippen LogP contribution >= 0.6 is 11.6 Å². The van der Waals surface area contributed by atoms with Crippen LogP contribution in [0, 0.1) is 0 Å². The lowest BCUT2D eigenvalue weighted by molar-refractivity contribution is -0.134. The molecule has 0 aromatic heterocycles. The first-order valence-electron chi connectivity index (χ1n) is 8.60. The van der Waals surface area contributed by atoms with Gasteiger partial charge in [0.25, 0.3) is 0 Å². The number of halogens is 1. The normalized spacial score (nSPS) is 14.5. The molecule has 1 fully saturated rings. The highest BCUT2D eigenvalue weighted by atomic mass is 35.5. The minimum atomic E-state index is -3.84. The molecule has 1 heterocycles. The molecule has 0 radical (unpaired) electrons. The van der Waals surface area contributed by atoms with Crippen molar-refractivity contribution in [2.75, 3.05) is 25.0 Å². The third-order valence-corrected chi connectivity index (χ3v) is 6.40. The summed E-state index contributed by atoms with van der Waals surface area (Å²) < 4.78 is 31.1. The number of benzene rings is 2. The van der Waals surface area contributed by atoms with Gasteiger partial charge in [-0.15, -0.1) is 0 Å². The molecule has 1 aliphatic rings. The van der Waals surface area contributed by atoms with E-state index < -0.39 is 22.5 Å². The maximum Gasteiger partial charge on any atom is 0.326 e. The van der Waals surface area contributed by atoms with E-state index in [2.05, 4.69) is 0 Å². The van der Waals surface area contributed by atoms with Crippen LogP contribution in [0.5, 0.6) is 5.75 Å². The van der Waals surface area contributed by atoms with E-state index in [1.54, 1.807) is 29.2 Å². The van der Waals surface area contributed by atoms with Crippen molar-refractivity contribution in [1.29, 1.82) is 0 Å². The van der Waals surface area contributed by atoms with Gasteiger partial charge in [0.1, 0.15) is 12.3 Å². The minimum absolute atomic E-state index is 0.0341. The van der Waals surface area contributed by atoms with Crippen molar-refractivity contribution in [2.45, 2.75) is 17.7 Å². The lowest BCUT2D eigenvalue weighted by Gasteiger charge is -2.17. The number of hydrogen-bond donors (Lipinski definition) is 0. The Kier molecular flexibility index (Phi) is 6.02. The summed E-state index contributed by atoms with van der Waals surface area (Å²) in [5.74, 6) is -0.374. The highest BCUT2D eigenvalue weighted by Crippen LogP contribution is 2.24. The van der Waals surface area contributed by atoms with Gasteiger partial charge in [0.15, 0.2) is 0 Å². The van der Waals surface area contributed by atoms with E-state index in [9.17, 15) is 18.0 Å². The fourth-order valence-electron chi connectivity index (χ4n) is 2.83. The van der Waals surface area contributed by atoms with Crippen LogP contribution in [0.15, 0.2) is 53.4 Å². The number of esters is 1. The number of likely N-dealkylation sites (N-methyl/N-ethyl adjacent to an activating group) is 1. The molecular formula is C19H19ClN2O5S. The van der Waals surface area contributed by atoms with Gasteiger partial charge in [0.05, 0.1) is 4.90 Å². The molecule has 2 aromatic carbocycles. The molecule has 148 valence electrons. The van der Waals surface area contributed by atoms with Gasteiger partial charge in [-0.2, -0.15) is 4.31 Å². The summed E-state index contributed by atoms with van der Waals surface area (Å²) in [6.07, 6.45) is 1.36. The number of rotatable bonds is 6. The quantitative estimate of drug-likeness (QED) is 0.528. The number of carbonyl (C=O) groups excluding carboxylic acids is 2. The third-order valence-electron chi connectivity index (χ3n) is 4.33. The second-order valence-corrected chi connectivity index (χ2v) is 8.81. The molecule has 3 rings (SSSR count). The van der Waals surface area contributed by atoms with Crippen molar-refractivity contribution >= 4 is 39.2 Å². The Bertz CT molecular complexity index is 974. The predicted octanol–water partition coefficient (Wildman–Crippen LogP) is 2.69. The summed E-state index contributed by atoms with van der Waals surface area (Å²) >= 11 is 5.77. The lowest BCUT2D eigenvalue weighted by atomic mass is 10.3. The minimum Gasteiger partial charge on any atom is -0.426 e. The molecule has 28 heavy (non-hydrogen) atoms. The van der Waals surface area contributed by atoms with Crippen LogP contribution in [-0.4, -0.2) is 44.7 Å². The maximum absolute atomic E-state index is 12.5. The number of amides is 1. The molecule has 0 unspecified atom stereocenters. The van der Waals surface area contributed by atoms with Gasteiger partial charge in [0.2, 0.25) is 15.9 Å². The van der Waals surface area contributed by atoms with Gasteiger partial charge in [-0.1, -0.05) is 11.6 Å². The molecule has 0 spiro atoms. The number of hydrogen-bond acceptors (Lipinski definition) is 5. The molecule has 1 amide bonds. The molecule has 2 aromatic rings. The first-order valence-corrected chi connectivity index (χ1v) is 10.4. The molecule has 0 atom stereocenters. The summed E-state index contributed by atoms with van der Waals surface area (Å²) in [6, 6.07) is 12.2. The molecule has 1 saturated heterocycles. The summed E-state index contributed by atoms with van der Waals surface area (Å²) in [5, 5.41) is 0.417. The van der Waals surface area contributed by atoms with Gasteiger partial charge in [-0.05, 0) is 55.0 Å². The van der Waals surface area contributed by atoms with E-state index in [0.717, 1.165) is 16.4 Å². The van der Waals surface area contributed by atoms with E-state index >= 15 is 0 Å². The molecule has 1 aliphatic heterocycles. The Hall–Kier alpha value is -2.42. The Morgan fingerprint density at radius 1 is 1.14 bits per heavy atom. The largest absolute Gasteiger partial charge is 0.426 e. The van der Waals surface area contributed by atoms with E-state index in [4.69, 9.17) is 16.3 Å². The molecule has 0 saturated carbocycles. The fourth-order valence-corrected chi connectivity index (χ4v) is 4.07. The first kappa shape index (κ1) is 20.3. The van der Waals surface area contributed by atoms with Crippen LogP contribution < -0.4 is 9.64 Å². The van der Waals surface area contributed by atoms with Crippen molar-refractivity contribution in [2.24, 2.45) is 0 Å². The van der Waals surface area contributed by atoms with E-state index in [0.29, 0.717) is 18.0 Å². The van der Waals surface area contributed by atoms with Crippen molar-refractivity contribution < 1.29 is 22.7 Å². The number of anilines is 1.